The molecular formula is C12H23NO2. The summed E-state index contributed by atoms with van der Waals surface area (Å²) in [5.74, 6) is 1.27. The highest BCUT2D eigenvalue weighted by molar-refractivity contribution is 5.73. The summed E-state index contributed by atoms with van der Waals surface area (Å²) in [5, 5.41) is 8.73. The Morgan fingerprint density at radius 3 is 2.27 bits per heavy atom. The Bertz CT molecular complexity index is 208. The van der Waals surface area contributed by atoms with Crippen molar-refractivity contribution in [3.63, 3.8) is 0 Å². The van der Waals surface area contributed by atoms with E-state index >= 15 is 0 Å². The van der Waals surface area contributed by atoms with Crippen molar-refractivity contribution in [3.8, 4) is 0 Å². The molecule has 0 aliphatic heterocycles. The molecule has 1 aliphatic carbocycles. The molecule has 1 unspecified atom stereocenters. The highest BCUT2D eigenvalue weighted by atomic mass is 16.4. The first-order valence-corrected chi connectivity index (χ1v) is 5.99. The van der Waals surface area contributed by atoms with Gasteiger partial charge in [-0.1, -0.05) is 26.7 Å². The quantitative estimate of drug-likeness (QED) is 0.753. The van der Waals surface area contributed by atoms with Crippen molar-refractivity contribution in [3.05, 3.63) is 0 Å². The first-order chi connectivity index (χ1) is 7.00. The SMILES string of the molecule is CC(C)C1CCC(CC(N)C(=O)O)CC1. The van der Waals surface area contributed by atoms with Gasteiger partial charge in [0, 0.05) is 0 Å². The van der Waals surface area contributed by atoms with E-state index in [1.807, 2.05) is 0 Å². The molecule has 0 saturated heterocycles. The third kappa shape index (κ3) is 3.82. The first kappa shape index (κ1) is 12.5. The van der Waals surface area contributed by atoms with E-state index < -0.39 is 12.0 Å². The van der Waals surface area contributed by atoms with E-state index in [-0.39, 0.29) is 0 Å². The van der Waals surface area contributed by atoms with Crippen LogP contribution < -0.4 is 5.73 Å². The van der Waals surface area contributed by atoms with Gasteiger partial charge in [0.05, 0.1) is 0 Å². The van der Waals surface area contributed by atoms with Gasteiger partial charge in [-0.15, -0.1) is 0 Å². The summed E-state index contributed by atoms with van der Waals surface area (Å²) in [6.45, 7) is 4.54. The molecule has 0 aromatic rings. The second-order valence-electron chi connectivity index (χ2n) is 5.21. The van der Waals surface area contributed by atoms with Gasteiger partial charge >= 0.3 is 5.97 Å². The fourth-order valence-electron chi connectivity index (χ4n) is 2.55. The number of rotatable bonds is 4. The highest BCUT2D eigenvalue weighted by Crippen LogP contribution is 2.34. The van der Waals surface area contributed by atoms with Crippen LogP contribution in [0.15, 0.2) is 0 Å². The number of carboxylic acids is 1. The van der Waals surface area contributed by atoms with Crippen LogP contribution in [-0.4, -0.2) is 17.1 Å². The summed E-state index contributed by atoms with van der Waals surface area (Å²) in [6, 6.07) is -0.661. The minimum Gasteiger partial charge on any atom is -0.480 e. The van der Waals surface area contributed by atoms with Crippen LogP contribution in [0.25, 0.3) is 0 Å². The van der Waals surface area contributed by atoms with Gasteiger partial charge in [0.2, 0.25) is 0 Å². The first-order valence-electron chi connectivity index (χ1n) is 5.99. The average Bonchev–Trinajstić information content (AvgIpc) is 2.18. The van der Waals surface area contributed by atoms with Crippen molar-refractivity contribution in [2.24, 2.45) is 23.5 Å². The maximum absolute atomic E-state index is 10.6. The van der Waals surface area contributed by atoms with Crippen molar-refractivity contribution in [2.75, 3.05) is 0 Å². The van der Waals surface area contributed by atoms with Crippen molar-refractivity contribution in [1.82, 2.24) is 0 Å². The lowest BCUT2D eigenvalue weighted by molar-refractivity contribution is -0.139. The molecule has 15 heavy (non-hydrogen) atoms. The predicted octanol–water partition coefficient (Wildman–Crippen LogP) is 2.25. The molecule has 1 aliphatic rings. The Hall–Kier alpha value is -0.570. The number of aliphatic carboxylic acids is 1. The lowest BCUT2D eigenvalue weighted by Crippen LogP contribution is -2.33. The molecule has 0 aromatic carbocycles. The Kier molecular flexibility index (Phi) is 4.58. The van der Waals surface area contributed by atoms with Crippen LogP contribution in [0.3, 0.4) is 0 Å². The zero-order valence-corrected chi connectivity index (χ0v) is 9.78. The standard InChI is InChI=1S/C12H23NO2/c1-8(2)10-5-3-9(4-6-10)7-11(13)12(14)15/h8-11H,3-7,13H2,1-2H3,(H,14,15). The van der Waals surface area contributed by atoms with Crippen molar-refractivity contribution < 1.29 is 9.90 Å². The van der Waals surface area contributed by atoms with Gasteiger partial charge in [-0.25, -0.2) is 0 Å². The van der Waals surface area contributed by atoms with Crippen LogP contribution in [0.1, 0.15) is 46.0 Å². The van der Waals surface area contributed by atoms with Crippen molar-refractivity contribution in [2.45, 2.75) is 52.0 Å². The second kappa shape index (κ2) is 5.50. The summed E-state index contributed by atoms with van der Waals surface area (Å²) < 4.78 is 0. The summed E-state index contributed by atoms with van der Waals surface area (Å²) in [4.78, 5) is 10.6. The van der Waals surface area contributed by atoms with Gasteiger partial charge in [-0.05, 0) is 37.0 Å². The van der Waals surface area contributed by atoms with Gasteiger partial charge in [-0.2, -0.15) is 0 Å². The van der Waals surface area contributed by atoms with Gasteiger partial charge in [0.1, 0.15) is 6.04 Å². The molecule has 3 nitrogen and oxygen atoms in total. The number of nitrogens with two attached hydrogens (primary N) is 1. The number of carbonyl (C=O) groups is 1. The van der Waals surface area contributed by atoms with E-state index in [1.165, 1.54) is 12.8 Å². The minimum atomic E-state index is -0.860. The van der Waals surface area contributed by atoms with Crippen molar-refractivity contribution in [1.29, 1.82) is 0 Å². The Balaban J connectivity index is 2.28. The Morgan fingerprint density at radius 2 is 1.87 bits per heavy atom. The van der Waals surface area contributed by atoms with Crippen LogP contribution in [0.2, 0.25) is 0 Å². The van der Waals surface area contributed by atoms with E-state index in [9.17, 15) is 4.79 Å². The fourth-order valence-corrected chi connectivity index (χ4v) is 2.55. The third-order valence-electron chi connectivity index (χ3n) is 3.74. The minimum absolute atomic E-state index is 0.533. The maximum Gasteiger partial charge on any atom is 0.320 e. The zero-order chi connectivity index (χ0) is 11.4. The van der Waals surface area contributed by atoms with E-state index in [2.05, 4.69) is 13.8 Å². The Labute approximate surface area is 92.0 Å². The van der Waals surface area contributed by atoms with Gasteiger partial charge in [0.25, 0.3) is 0 Å². The summed E-state index contributed by atoms with van der Waals surface area (Å²) >= 11 is 0. The molecule has 3 heteroatoms. The molecule has 0 radical (unpaired) electrons. The second-order valence-corrected chi connectivity index (χ2v) is 5.21. The topological polar surface area (TPSA) is 63.3 Å². The van der Waals surface area contributed by atoms with Crippen LogP contribution >= 0.6 is 0 Å². The normalized spacial score (nSPS) is 29.1. The molecule has 0 aromatic heterocycles. The van der Waals surface area contributed by atoms with Crippen LogP contribution in [-0.2, 0) is 4.79 Å². The summed E-state index contributed by atoms with van der Waals surface area (Å²) in [7, 11) is 0. The molecular weight excluding hydrogens is 190 g/mol. The molecule has 3 N–H and O–H groups in total. The zero-order valence-electron chi connectivity index (χ0n) is 9.78. The molecule has 0 amide bonds. The molecule has 1 rings (SSSR count). The molecule has 1 saturated carbocycles. The van der Waals surface area contributed by atoms with E-state index in [0.717, 1.165) is 24.7 Å². The number of hydrogen-bond acceptors (Lipinski definition) is 2. The van der Waals surface area contributed by atoms with Gasteiger partial charge in [0.15, 0.2) is 0 Å². The molecule has 0 spiro atoms. The number of carboxylic acid groups (broad SMARTS) is 1. The summed E-state index contributed by atoms with van der Waals surface area (Å²) in [6.07, 6.45) is 5.46. The third-order valence-corrected chi connectivity index (χ3v) is 3.74. The lowest BCUT2D eigenvalue weighted by atomic mass is 9.75. The van der Waals surface area contributed by atoms with Crippen molar-refractivity contribution >= 4 is 5.97 Å². The van der Waals surface area contributed by atoms with Crippen LogP contribution in [0.4, 0.5) is 0 Å². The average molecular weight is 213 g/mol. The predicted molar refractivity (Wildman–Crippen MR) is 60.5 cm³/mol. The lowest BCUT2D eigenvalue weighted by Gasteiger charge is -2.31. The fraction of sp³-hybridized carbons (Fsp3) is 0.917. The van der Waals surface area contributed by atoms with E-state index in [0.29, 0.717) is 12.3 Å². The molecule has 0 heterocycles. The van der Waals surface area contributed by atoms with Gasteiger partial charge < -0.3 is 10.8 Å². The Morgan fingerprint density at radius 1 is 1.33 bits per heavy atom. The molecule has 0 bridgehead atoms. The maximum atomic E-state index is 10.6. The summed E-state index contributed by atoms with van der Waals surface area (Å²) in [5.41, 5.74) is 5.54. The highest BCUT2D eigenvalue weighted by Gasteiger charge is 2.25. The smallest absolute Gasteiger partial charge is 0.320 e. The number of hydrogen-bond donors (Lipinski definition) is 2. The van der Waals surface area contributed by atoms with Crippen LogP contribution in [0, 0.1) is 17.8 Å². The largest absolute Gasteiger partial charge is 0.480 e. The molecule has 88 valence electrons. The van der Waals surface area contributed by atoms with Gasteiger partial charge in [-0.3, -0.25) is 4.79 Å². The molecule has 1 fully saturated rings. The van der Waals surface area contributed by atoms with Crippen LogP contribution in [0.5, 0.6) is 0 Å². The van der Waals surface area contributed by atoms with E-state index in [1.54, 1.807) is 0 Å². The molecule has 1 atom stereocenters. The van der Waals surface area contributed by atoms with E-state index in [4.69, 9.17) is 10.8 Å². The monoisotopic (exact) mass is 213 g/mol.